The lowest BCUT2D eigenvalue weighted by Gasteiger charge is -2.10. The third-order valence-corrected chi connectivity index (χ3v) is 3.82. The van der Waals surface area contributed by atoms with Gasteiger partial charge in [-0.3, -0.25) is 0 Å². The molecule has 0 amide bonds. The number of hydrogen-bond donors (Lipinski definition) is 2. The Bertz CT molecular complexity index is 821. The summed E-state index contributed by atoms with van der Waals surface area (Å²) in [5.41, 5.74) is 2.67. The molecule has 2 aromatic carbocycles. The van der Waals surface area contributed by atoms with Crippen molar-refractivity contribution in [1.29, 1.82) is 0 Å². The standard InChI is InChI=1S/C17H14BrClN4/c1-11-9-16(21-15-4-2-3-13(19)10-15)23-17(20-11)22-14-7-5-12(18)6-8-14/h2-10H,1H3,(H2,20,21,22,23). The van der Waals surface area contributed by atoms with Crippen molar-refractivity contribution in [2.24, 2.45) is 0 Å². The van der Waals surface area contributed by atoms with E-state index in [4.69, 9.17) is 11.6 Å². The molecular formula is C17H14BrClN4. The SMILES string of the molecule is Cc1cc(Nc2cccc(Cl)c2)nc(Nc2ccc(Br)cc2)n1. The van der Waals surface area contributed by atoms with Gasteiger partial charge in [0.05, 0.1) is 0 Å². The molecular weight excluding hydrogens is 376 g/mol. The van der Waals surface area contributed by atoms with Gasteiger partial charge in [-0.1, -0.05) is 33.6 Å². The Labute approximate surface area is 148 Å². The second-order valence-corrected chi connectivity index (χ2v) is 6.34. The summed E-state index contributed by atoms with van der Waals surface area (Å²) in [5, 5.41) is 7.11. The molecule has 0 unspecified atom stereocenters. The molecule has 0 aliphatic carbocycles. The summed E-state index contributed by atoms with van der Waals surface area (Å²) in [4.78, 5) is 8.90. The van der Waals surface area contributed by atoms with Gasteiger partial charge in [0.1, 0.15) is 5.82 Å². The van der Waals surface area contributed by atoms with Crippen molar-refractivity contribution in [3.05, 3.63) is 69.8 Å². The molecule has 2 N–H and O–H groups in total. The molecule has 23 heavy (non-hydrogen) atoms. The lowest BCUT2D eigenvalue weighted by atomic mass is 10.3. The highest BCUT2D eigenvalue weighted by molar-refractivity contribution is 9.10. The van der Waals surface area contributed by atoms with Crippen molar-refractivity contribution >= 4 is 50.7 Å². The molecule has 0 aliphatic heterocycles. The number of halogens is 2. The molecule has 3 aromatic rings. The van der Waals surface area contributed by atoms with Crippen LogP contribution in [0.3, 0.4) is 0 Å². The van der Waals surface area contributed by atoms with Crippen LogP contribution in [-0.4, -0.2) is 9.97 Å². The maximum atomic E-state index is 6.00. The number of rotatable bonds is 4. The van der Waals surface area contributed by atoms with Crippen molar-refractivity contribution in [3.8, 4) is 0 Å². The van der Waals surface area contributed by atoms with E-state index in [0.29, 0.717) is 16.8 Å². The molecule has 1 heterocycles. The van der Waals surface area contributed by atoms with Gasteiger partial charge in [0.15, 0.2) is 0 Å². The van der Waals surface area contributed by atoms with Crippen LogP contribution >= 0.6 is 27.5 Å². The van der Waals surface area contributed by atoms with Crippen molar-refractivity contribution in [3.63, 3.8) is 0 Å². The van der Waals surface area contributed by atoms with E-state index in [9.17, 15) is 0 Å². The second-order valence-electron chi connectivity index (χ2n) is 4.99. The number of aromatic nitrogens is 2. The first-order valence-corrected chi connectivity index (χ1v) is 8.16. The van der Waals surface area contributed by atoms with Gasteiger partial charge < -0.3 is 10.6 Å². The number of aryl methyl sites for hydroxylation is 1. The van der Waals surface area contributed by atoms with Crippen LogP contribution in [0.15, 0.2) is 59.1 Å². The number of nitrogens with one attached hydrogen (secondary N) is 2. The van der Waals surface area contributed by atoms with Gasteiger partial charge >= 0.3 is 0 Å². The van der Waals surface area contributed by atoms with Crippen LogP contribution in [0.2, 0.25) is 5.02 Å². The third kappa shape index (κ3) is 4.43. The number of anilines is 4. The van der Waals surface area contributed by atoms with E-state index in [2.05, 4.69) is 36.5 Å². The first-order valence-electron chi connectivity index (χ1n) is 6.99. The maximum Gasteiger partial charge on any atom is 0.229 e. The predicted molar refractivity (Wildman–Crippen MR) is 98.9 cm³/mol. The van der Waals surface area contributed by atoms with Crippen LogP contribution < -0.4 is 10.6 Å². The normalized spacial score (nSPS) is 10.4. The zero-order valence-corrected chi connectivity index (χ0v) is 14.7. The van der Waals surface area contributed by atoms with Crippen molar-refractivity contribution in [2.75, 3.05) is 10.6 Å². The Kier molecular flexibility index (Phi) is 4.79. The average molecular weight is 390 g/mol. The van der Waals surface area contributed by atoms with E-state index >= 15 is 0 Å². The zero-order valence-electron chi connectivity index (χ0n) is 12.3. The Morgan fingerprint density at radius 1 is 0.913 bits per heavy atom. The highest BCUT2D eigenvalue weighted by Gasteiger charge is 2.04. The Morgan fingerprint density at radius 3 is 2.43 bits per heavy atom. The van der Waals surface area contributed by atoms with Crippen molar-refractivity contribution in [2.45, 2.75) is 6.92 Å². The van der Waals surface area contributed by atoms with Gasteiger partial charge in [0, 0.05) is 32.6 Å². The number of hydrogen-bond acceptors (Lipinski definition) is 4. The van der Waals surface area contributed by atoms with E-state index in [1.165, 1.54) is 0 Å². The van der Waals surface area contributed by atoms with Gasteiger partial charge in [-0.25, -0.2) is 4.98 Å². The van der Waals surface area contributed by atoms with E-state index in [1.54, 1.807) is 0 Å². The van der Waals surface area contributed by atoms with Gasteiger partial charge in [-0.05, 0) is 49.4 Å². The fourth-order valence-corrected chi connectivity index (χ4v) is 2.52. The molecule has 116 valence electrons. The summed E-state index contributed by atoms with van der Waals surface area (Å²) >= 11 is 9.42. The minimum atomic E-state index is 0.539. The summed E-state index contributed by atoms with van der Waals surface area (Å²) in [7, 11) is 0. The molecule has 4 nitrogen and oxygen atoms in total. The van der Waals surface area contributed by atoms with Crippen molar-refractivity contribution < 1.29 is 0 Å². The average Bonchev–Trinajstić information content (AvgIpc) is 2.49. The smallest absolute Gasteiger partial charge is 0.229 e. The first-order chi connectivity index (χ1) is 11.1. The summed E-state index contributed by atoms with van der Waals surface area (Å²) in [6.07, 6.45) is 0. The summed E-state index contributed by atoms with van der Waals surface area (Å²) in [6, 6.07) is 17.2. The van der Waals surface area contributed by atoms with Gasteiger partial charge in [0.2, 0.25) is 5.95 Å². The molecule has 0 saturated heterocycles. The van der Waals surface area contributed by atoms with Gasteiger partial charge in [-0.15, -0.1) is 0 Å². The van der Waals surface area contributed by atoms with Crippen molar-refractivity contribution in [1.82, 2.24) is 9.97 Å². The van der Waals surface area contributed by atoms with Gasteiger partial charge in [-0.2, -0.15) is 4.98 Å². The molecule has 0 fully saturated rings. The predicted octanol–water partition coefficient (Wildman–Crippen LogP) is 5.69. The lowest BCUT2D eigenvalue weighted by Crippen LogP contribution is -2.02. The molecule has 0 atom stereocenters. The fourth-order valence-electron chi connectivity index (χ4n) is 2.06. The first kappa shape index (κ1) is 15.8. The zero-order chi connectivity index (χ0) is 16.2. The quantitative estimate of drug-likeness (QED) is 0.602. The van der Waals surface area contributed by atoms with Crippen LogP contribution in [0.1, 0.15) is 5.69 Å². The van der Waals surface area contributed by atoms with Crippen LogP contribution in [0, 0.1) is 6.92 Å². The molecule has 1 aromatic heterocycles. The lowest BCUT2D eigenvalue weighted by molar-refractivity contribution is 1.11. The molecule has 0 saturated carbocycles. The molecule has 6 heteroatoms. The highest BCUT2D eigenvalue weighted by Crippen LogP contribution is 2.22. The second kappa shape index (κ2) is 6.98. The molecule has 0 aliphatic rings. The van der Waals surface area contributed by atoms with Crippen LogP contribution in [0.5, 0.6) is 0 Å². The Hall–Kier alpha value is -2.11. The topological polar surface area (TPSA) is 49.8 Å². The minimum Gasteiger partial charge on any atom is -0.340 e. The summed E-state index contributed by atoms with van der Waals surface area (Å²) < 4.78 is 1.02. The third-order valence-electron chi connectivity index (χ3n) is 3.05. The monoisotopic (exact) mass is 388 g/mol. The Balaban J connectivity index is 1.82. The molecule has 3 rings (SSSR count). The molecule has 0 bridgehead atoms. The van der Waals surface area contributed by atoms with E-state index in [0.717, 1.165) is 21.5 Å². The van der Waals surface area contributed by atoms with E-state index in [1.807, 2.05) is 61.5 Å². The molecule has 0 spiro atoms. The van der Waals surface area contributed by atoms with E-state index in [-0.39, 0.29) is 0 Å². The molecule has 0 radical (unpaired) electrons. The summed E-state index contributed by atoms with van der Waals surface area (Å²) in [5.74, 6) is 1.25. The highest BCUT2D eigenvalue weighted by atomic mass is 79.9. The van der Waals surface area contributed by atoms with E-state index < -0.39 is 0 Å². The van der Waals surface area contributed by atoms with Gasteiger partial charge in [0.25, 0.3) is 0 Å². The van der Waals surface area contributed by atoms with Crippen LogP contribution in [0.25, 0.3) is 0 Å². The fraction of sp³-hybridized carbons (Fsp3) is 0.0588. The maximum absolute atomic E-state index is 6.00. The summed E-state index contributed by atoms with van der Waals surface area (Å²) in [6.45, 7) is 1.93. The van der Waals surface area contributed by atoms with Crippen LogP contribution in [0.4, 0.5) is 23.1 Å². The number of nitrogens with zero attached hydrogens (tertiary/aromatic N) is 2. The largest absolute Gasteiger partial charge is 0.340 e. The minimum absolute atomic E-state index is 0.539. The Morgan fingerprint density at radius 2 is 1.70 bits per heavy atom. The number of benzene rings is 2. The van der Waals surface area contributed by atoms with Crippen LogP contribution in [-0.2, 0) is 0 Å².